The van der Waals surface area contributed by atoms with Crippen LogP contribution in [-0.4, -0.2) is 22.8 Å². The summed E-state index contributed by atoms with van der Waals surface area (Å²) in [6.07, 6.45) is 4.38. The van der Waals surface area contributed by atoms with Gasteiger partial charge in [-0.3, -0.25) is 9.59 Å². The molecule has 6 heteroatoms. The van der Waals surface area contributed by atoms with Crippen LogP contribution < -0.4 is 10.6 Å². The summed E-state index contributed by atoms with van der Waals surface area (Å²) in [5, 5.41) is 6.18. The van der Waals surface area contributed by atoms with E-state index in [1.165, 1.54) is 11.3 Å². The summed E-state index contributed by atoms with van der Waals surface area (Å²) in [5.41, 5.74) is 2.67. The van der Waals surface area contributed by atoms with Gasteiger partial charge in [-0.15, -0.1) is 11.3 Å². The van der Waals surface area contributed by atoms with Gasteiger partial charge in [0.05, 0.1) is 5.69 Å². The van der Waals surface area contributed by atoms with Crippen molar-refractivity contribution in [2.45, 2.75) is 45.6 Å². The SMILES string of the molecule is Cc1cccc(C(=O)NC(C)C(=O)Nc2nc3c(s2)CCCC3)c1. The number of carbonyl (C=O) groups is 2. The highest BCUT2D eigenvalue weighted by Gasteiger charge is 2.20. The minimum atomic E-state index is -0.626. The third kappa shape index (κ3) is 3.82. The van der Waals surface area contributed by atoms with Gasteiger partial charge in [0.15, 0.2) is 5.13 Å². The van der Waals surface area contributed by atoms with E-state index in [0.717, 1.165) is 30.5 Å². The number of nitrogens with one attached hydrogen (secondary N) is 2. The van der Waals surface area contributed by atoms with Crippen molar-refractivity contribution in [2.75, 3.05) is 5.32 Å². The summed E-state index contributed by atoms with van der Waals surface area (Å²) in [6.45, 7) is 3.60. The van der Waals surface area contributed by atoms with Crippen LogP contribution in [0.5, 0.6) is 0 Å². The van der Waals surface area contributed by atoms with E-state index < -0.39 is 6.04 Å². The van der Waals surface area contributed by atoms with Gasteiger partial charge in [0.2, 0.25) is 5.91 Å². The molecule has 1 aliphatic carbocycles. The molecular weight excluding hydrogens is 322 g/mol. The zero-order valence-corrected chi connectivity index (χ0v) is 14.7. The van der Waals surface area contributed by atoms with E-state index in [9.17, 15) is 9.59 Å². The number of amides is 2. The van der Waals surface area contributed by atoms with Crippen molar-refractivity contribution >= 4 is 28.3 Å². The molecule has 0 bridgehead atoms. The number of fused-ring (bicyclic) bond motifs is 1. The molecule has 0 spiro atoms. The van der Waals surface area contributed by atoms with Crippen LogP contribution in [0.3, 0.4) is 0 Å². The highest BCUT2D eigenvalue weighted by molar-refractivity contribution is 7.15. The molecule has 0 saturated heterocycles. The lowest BCUT2D eigenvalue weighted by Crippen LogP contribution is -2.41. The second-order valence-electron chi connectivity index (χ2n) is 6.15. The summed E-state index contributed by atoms with van der Waals surface area (Å²) in [7, 11) is 0. The van der Waals surface area contributed by atoms with Gasteiger partial charge in [-0.25, -0.2) is 4.98 Å². The maximum atomic E-state index is 12.3. The number of thiazole rings is 1. The van der Waals surface area contributed by atoms with Gasteiger partial charge in [-0.1, -0.05) is 17.7 Å². The topological polar surface area (TPSA) is 71.1 Å². The fourth-order valence-electron chi connectivity index (χ4n) is 2.75. The molecule has 2 N–H and O–H groups in total. The number of anilines is 1. The molecule has 1 aromatic heterocycles. The number of nitrogens with zero attached hydrogens (tertiary/aromatic N) is 1. The van der Waals surface area contributed by atoms with Gasteiger partial charge >= 0.3 is 0 Å². The Morgan fingerprint density at radius 3 is 2.79 bits per heavy atom. The van der Waals surface area contributed by atoms with Gasteiger partial charge in [-0.2, -0.15) is 0 Å². The Balaban J connectivity index is 1.60. The highest BCUT2D eigenvalue weighted by Crippen LogP contribution is 2.29. The van der Waals surface area contributed by atoms with Gasteiger partial charge in [-0.05, 0) is 51.7 Å². The molecule has 0 fully saturated rings. The summed E-state index contributed by atoms with van der Waals surface area (Å²) in [5.74, 6) is -0.498. The molecule has 0 saturated carbocycles. The summed E-state index contributed by atoms with van der Waals surface area (Å²) in [4.78, 5) is 30.3. The van der Waals surface area contributed by atoms with E-state index in [1.807, 2.05) is 19.1 Å². The van der Waals surface area contributed by atoms with E-state index in [4.69, 9.17) is 0 Å². The van der Waals surface area contributed by atoms with Crippen molar-refractivity contribution in [3.8, 4) is 0 Å². The molecule has 5 nitrogen and oxygen atoms in total. The number of hydrogen-bond acceptors (Lipinski definition) is 4. The van der Waals surface area contributed by atoms with Gasteiger partial charge in [0.25, 0.3) is 5.91 Å². The summed E-state index contributed by atoms with van der Waals surface area (Å²) < 4.78 is 0. The molecular formula is C18H21N3O2S. The van der Waals surface area contributed by atoms with E-state index in [2.05, 4.69) is 15.6 Å². The molecule has 126 valence electrons. The van der Waals surface area contributed by atoms with Crippen LogP contribution in [0.25, 0.3) is 0 Å². The molecule has 24 heavy (non-hydrogen) atoms. The Bertz CT molecular complexity index is 746. The zero-order valence-electron chi connectivity index (χ0n) is 13.9. The Kier molecular flexibility index (Phi) is 4.94. The van der Waals surface area contributed by atoms with Crippen molar-refractivity contribution in [1.82, 2.24) is 10.3 Å². The third-order valence-electron chi connectivity index (χ3n) is 4.10. The first-order chi connectivity index (χ1) is 11.5. The van der Waals surface area contributed by atoms with Crippen LogP contribution in [0.1, 0.15) is 46.3 Å². The first-order valence-corrected chi connectivity index (χ1v) is 9.01. The molecule has 1 heterocycles. The van der Waals surface area contributed by atoms with Crippen molar-refractivity contribution in [1.29, 1.82) is 0 Å². The van der Waals surface area contributed by atoms with Crippen LogP contribution in [0.15, 0.2) is 24.3 Å². The molecule has 3 rings (SSSR count). The Morgan fingerprint density at radius 1 is 1.25 bits per heavy atom. The van der Waals surface area contributed by atoms with Crippen LogP contribution in [-0.2, 0) is 17.6 Å². The molecule has 1 unspecified atom stereocenters. The van der Waals surface area contributed by atoms with E-state index in [0.29, 0.717) is 10.7 Å². The second kappa shape index (κ2) is 7.13. The molecule has 2 aromatic rings. The number of hydrogen-bond donors (Lipinski definition) is 2. The minimum Gasteiger partial charge on any atom is -0.341 e. The maximum Gasteiger partial charge on any atom is 0.251 e. The molecule has 1 atom stereocenters. The normalized spacial score (nSPS) is 14.6. The van der Waals surface area contributed by atoms with Gasteiger partial charge < -0.3 is 10.6 Å². The van der Waals surface area contributed by atoms with Crippen LogP contribution in [0.2, 0.25) is 0 Å². The molecule has 0 aliphatic heterocycles. The fourth-order valence-corrected chi connectivity index (χ4v) is 3.80. The predicted molar refractivity (Wildman–Crippen MR) is 95.5 cm³/mol. The van der Waals surface area contributed by atoms with Gasteiger partial charge in [0.1, 0.15) is 6.04 Å². The first kappa shape index (κ1) is 16.6. The lowest BCUT2D eigenvalue weighted by molar-refractivity contribution is -0.117. The summed E-state index contributed by atoms with van der Waals surface area (Å²) >= 11 is 1.54. The lowest BCUT2D eigenvalue weighted by Gasteiger charge is -2.13. The smallest absolute Gasteiger partial charge is 0.251 e. The minimum absolute atomic E-state index is 0.248. The molecule has 2 amide bonds. The number of aryl methyl sites for hydroxylation is 3. The zero-order chi connectivity index (χ0) is 17.1. The van der Waals surface area contributed by atoms with Crippen LogP contribution in [0, 0.1) is 6.92 Å². The Morgan fingerprint density at radius 2 is 2.04 bits per heavy atom. The monoisotopic (exact) mass is 343 g/mol. The van der Waals surface area contributed by atoms with E-state index in [1.54, 1.807) is 30.4 Å². The van der Waals surface area contributed by atoms with E-state index in [-0.39, 0.29) is 11.8 Å². The lowest BCUT2D eigenvalue weighted by atomic mass is 10.0. The molecule has 1 aliphatic rings. The fraction of sp³-hybridized carbons (Fsp3) is 0.389. The maximum absolute atomic E-state index is 12.3. The quantitative estimate of drug-likeness (QED) is 0.896. The van der Waals surface area contributed by atoms with Gasteiger partial charge in [0, 0.05) is 10.4 Å². The average Bonchev–Trinajstić information content (AvgIpc) is 2.96. The summed E-state index contributed by atoms with van der Waals surface area (Å²) in [6, 6.07) is 6.67. The average molecular weight is 343 g/mol. The van der Waals surface area contributed by atoms with Crippen molar-refractivity contribution in [2.24, 2.45) is 0 Å². The molecule has 0 radical (unpaired) electrons. The largest absolute Gasteiger partial charge is 0.341 e. The number of aromatic nitrogens is 1. The predicted octanol–water partition coefficient (Wildman–Crippen LogP) is 3.09. The number of rotatable bonds is 4. The third-order valence-corrected chi connectivity index (χ3v) is 5.17. The second-order valence-corrected chi connectivity index (χ2v) is 7.23. The van der Waals surface area contributed by atoms with Crippen LogP contribution in [0.4, 0.5) is 5.13 Å². The van der Waals surface area contributed by atoms with Crippen molar-refractivity contribution < 1.29 is 9.59 Å². The van der Waals surface area contributed by atoms with Crippen LogP contribution >= 0.6 is 11.3 Å². The first-order valence-electron chi connectivity index (χ1n) is 8.20. The standard InChI is InChI=1S/C18H21N3O2S/c1-11-6-5-7-13(10-11)17(23)19-12(2)16(22)21-18-20-14-8-3-4-9-15(14)24-18/h5-7,10,12H,3-4,8-9H2,1-2H3,(H,19,23)(H,20,21,22). The Hall–Kier alpha value is -2.21. The van der Waals surface area contributed by atoms with Crippen molar-refractivity contribution in [3.05, 3.63) is 46.0 Å². The Labute approximate surface area is 145 Å². The van der Waals surface area contributed by atoms with E-state index >= 15 is 0 Å². The van der Waals surface area contributed by atoms with Crippen molar-refractivity contribution in [3.63, 3.8) is 0 Å². The highest BCUT2D eigenvalue weighted by atomic mass is 32.1. The molecule has 1 aromatic carbocycles. The number of benzene rings is 1. The number of carbonyl (C=O) groups excluding carboxylic acids is 2.